The maximum Gasteiger partial charge on any atom is 0.387 e. The van der Waals surface area contributed by atoms with Gasteiger partial charge in [-0.25, -0.2) is 4.99 Å². The van der Waals surface area contributed by atoms with Crippen LogP contribution in [0.5, 0.6) is 5.75 Å². The summed E-state index contributed by atoms with van der Waals surface area (Å²) in [4.78, 5) is 19.1. The van der Waals surface area contributed by atoms with Gasteiger partial charge in [-0.15, -0.1) is 6.58 Å². The van der Waals surface area contributed by atoms with Gasteiger partial charge in [0.15, 0.2) is 11.5 Å². The number of carbonyl (C=O) groups excluding carboxylic acids is 1. The number of halogens is 2. The van der Waals surface area contributed by atoms with Crippen LogP contribution in [0.1, 0.15) is 24.8 Å². The van der Waals surface area contributed by atoms with E-state index in [1.54, 1.807) is 31.3 Å². The van der Waals surface area contributed by atoms with E-state index in [0.717, 1.165) is 12.8 Å². The summed E-state index contributed by atoms with van der Waals surface area (Å²) >= 11 is 0. The first-order chi connectivity index (χ1) is 14.4. The molecule has 8 heteroatoms. The zero-order chi connectivity index (χ0) is 21.7. The number of likely N-dealkylation sites (N-methyl/N-ethyl adjacent to an activating group) is 1. The van der Waals surface area contributed by atoms with Crippen LogP contribution in [0.2, 0.25) is 0 Å². The van der Waals surface area contributed by atoms with Gasteiger partial charge in [-0.2, -0.15) is 8.78 Å². The van der Waals surface area contributed by atoms with Gasteiger partial charge in [0.2, 0.25) is 0 Å². The fourth-order valence-electron chi connectivity index (χ4n) is 3.65. The number of amides is 1. The molecule has 1 aliphatic heterocycles. The van der Waals surface area contributed by atoms with Gasteiger partial charge >= 0.3 is 6.61 Å². The number of benzene rings is 1. The zero-order valence-corrected chi connectivity index (χ0v) is 16.8. The summed E-state index contributed by atoms with van der Waals surface area (Å²) in [6, 6.07) is 7.19. The maximum atomic E-state index is 13.3. The number of allylic oxidation sites excluding steroid dienone is 3. The molecule has 1 aromatic rings. The number of rotatable bonds is 9. The minimum Gasteiger partial charge on any atom is -0.494 e. The van der Waals surface area contributed by atoms with Crippen LogP contribution in [0.25, 0.3) is 0 Å². The van der Waals surface area contributed by atoms with Crippen molar-refractivity contribution in [3.63, 3.8) is 0 Å². The summed E-state index contributed by atoms with van der Waals surface area (Å²) in [5.41, 5.74) is 5.31. The number of nitrogens with two attached hydrogens (primary N) is 1. The number of carbonyl (C=O) groups is 1. The molecule has 0 saturated carbocycles. The number of ether oxygens (including phenoxy) is 2. The van der Waals surface area contributed by atoms with Gasteiger partial charge < -0.3 is 15.2 Å². The molecule has 2 aliphatic rings. The fraction of sp³-hybridized carbons (Fsp3) is 0.364. The smallest absolute Gasteiger partial charge is 0.387 e. The highest BCUT2D eigenvalue weighted by Gasteiger charge is 2.52. The molecule has 0 bridgehead atoms. The van der Waals surface area contributed by atoms with Gasteiger partial charge in [0.05, 0.1) is 6.61 Å². The largest absolute Gasteiger partial charge is 0.494 e. The molecule has 1 unspecified atom stereocenters. The minimum absolute atomic E-state index is 0.0615. The van der Waals surface area contributed by atoms with E-state index in [2.05, 4.69) is 16.3 Å². The van der Waals surface area contributed by atoms with Crippen molar-refractivity contribution in [1.82, 2.24) is 4.90 Å². The highest BCUT2D eigenvalue weighted by molar-refractivity contribution is 6.07. The molecular weight excluding hydrogens is 392 g/mol. The van der Waals surface area contributed by atoms with E-state index >= 15 is 0 Å². The molecule has 30 heavy (non-hydrogen) atoms. The Bertz CT molecular complexity index is 897. The number of unbranched alkanes of at least 4 members (excludes halogenated alkanes) is 1. The van der Waals surface area contributed by atoms with Crippen LogP contribution in [0.3, 0.4) is 0 Å². The standard InChI is InChI=1S/C22H25F2N3O3/c1-3-4-5-13-29-18-8-6-7-16(14-18)22(19(28)27(2)21(25)26-22)15-9-11-17(12-10-15)30-20(23)24/h3,6-9,11-12,14-15,20H,1,4-5,10,13H2,2H3,(H2,25,26)/t15?,22-/m1/s1. The van der Waals surface area contributed by atoms with Crippen LogP contribution in [-0.2, 0) is 15.1 Å². The predicted molar refractivity (Wildman–Crippen MR) is 110 cm³/mol. The lowest BCUT2D eigenvalue weighted by molar-refractivity contribution is -0.132. The van der Waals surface area contributed by atoms with E-state index in [1.807, 2.05) is 12.1 Å². The summed E-state index contributed by atoms with van der Waals surface area (Å²) in [5.74, 6) is 0.0690. The Hall–Kier alpha value is -3.16. The average Bonchev–Trinajstić information content (AvgIpc) is 2.96. The fourth-order valence-corrected chi connectivity index (χ4v) is 3.65. The van der Waals surface area contributed by atoms with Crippen molar-refractivity contribution in [2.75, 3.05) is 13.7 Å². The number of alkyl halides is 2. The van der Waals surface area contributed by atoms with Gasteiger partial charge in [0.25, 0.3) is 5.91 Å². The second-order valence-electron chi connectivity index (χ2n) is 7.09. The number of aliphatic imine (C=N–C) groups is 1. The monoisotopic (exact) mass is 417 g/mol. The van der Waals surface area contributed by atoms with Crippen molar-refractivity contribution in [3.05, 3.63) is 66.5 Å². The van der Waals surface area contributed by atoms with E-state index in [0.29, 0.717) is 24.3 Å². The van der Waals surface area contributed by atoms with Gasteiger partial charge in [-0.1, -0.05) is 24.3 Å². The number of nitrogens with zero attached hydrogens (tertiary/aromatic N) is 2. The highest BCUT2D eigenvalue weighted by atomic mass is 19.3. The van der Waals surface area contributed by atoms with Crippen LogP contribution in [0.15, 0.2) is 65.9 Å². The van der Waals surface area contributed by atoms with E-state index in [1.165, 1.54) is 17.1 Å². The first kappa shape index (κ1) is 21.5. The van der Waals surface area contributed by atoms with Crippen molar-refractivity contribution in [2.45, 2.75) is 31.4 Å². The van der Waals surface area contributed by atoms with Gasteiger partial charge in [0, 0.05) is 13.0 Å². The van der Waals surface area contributed by atoms with Gasteiger partial charge in [-0.3, -0.25) is 9.69 Å². The normalized spacial score (nSPS) is 23.4. The van der Waals surface area contributed by atoms with Crippen LogP contribution in [-0.4, -0.2) is 37.0 Å². The molecule has 0 fully saturated rings. The minimum atomic E-state index is -2.91. The Morgan fingerprint density at radius 1 is 1.47 bits per heavy atom. The summed E-state index contributed by atoms with van der Waals surface area (Å²) in [6.45, 7) is 1.30. The third-order valence-electron chi connectivity index (χ3n) is 5.19. The molecular formula is C22H25F2N3O3. The third-order valence-corrected chi connectivity index (χ3v) is 5.19. The second kappa shape index (κ2) is 9.11. The van der Waals surface area contributed by atoms with Gasteiger partial charge in [-0.05, 0) is 49.1 Å². The van der Waals surface area contributed by atoms with Crippen molar-refractivity contribution >= 4 is 11.9 Å². The SMILES string of the molecule is C=CCCCOc1cccc([C@@]2(C3C=CC(OC(F)F)=CC3)N=C(N)N(C)C2=O)c1. The Morgan fingerprint density at radius 2 is 2.27 bits per heavy atom. The highest BCUT2D eigenvalue weighted by Crippen LogP contribution is 2.44. The zero-order valence-electron chi connectivity index (χ0n) is 16.8. The van der Waals surface area contributed by atoms with E-state index < -0.39 is 18.1 Å². The topological polar surface area (TPSA) is 77.2 Å². The second-order valence-corrected chi connectivity index (χ2v) is 7.09. The van der Waals surface area contributed by atoms with Crippen molar-refractivity contribution in [1.29, 1.82) is 0 Å². The molecule has 1 amide bonds. The van der Waals surface area contributed by atoms with Crippen LogP contribution >= 0.6 is 0 Å². The average molecular weight is 417 g/mol. The Balaban J connectivity index is 1.92. The lowest BCUT2D eigenvalue weighted by Gasteiger charge is -2.33. The number of hydrogen-bond donors (Lipinski definition) is 1. The summed E-state index contributed by atoms with van der Waals surface area (Å²) in [5, 5.41) is 0. The molecule has 1 heterocycles. The molecule has 0 spiro atoms. The summed E-state index contributed by atoms with van der Waals surface area (Å²) < 4.78 is 35.3. The molecule has 6 nitrogen and oxygen atoms in total. The Morgan fingerprint density at radius 3 is 2.87 bits per heavy atom. The third kappa shape index (κ3) is 4.22. The lowest BCUT2D eigenvalue weighted by Crippen LogP contribution is -2.44. The molecule has 3 rings (SSSR count). The lowest BCUT2D eigenvalue weighted by atomic mass is 9.74. The van der Waals surface area contributed by atoms with Crippen molar-refractivity contribution in [2.24, 2.45) is 16.6 Å². The van der Waals surface area contributed by atoms with E-state index in [9.17, 15) is 13.6 Å². The molecule has 2 atom stereocenters. The predicted octanol–water partition coefficient (Wildman–Crippen LogP) is 3.71. The molecule has 2 N–H and O–H groups in total. The molecule has 1 aromatic carbocycles. The molecule has 0 radical (unpaired) electrons. The maximum absolute atomic E-state index is 13.3. The Kier molecular flexibility index (Phi) is 6.54. The Labute approximate surface area is 174 Å². The van der Waals surface area contributed by atoms with Crippen LogP contribution in [0, 0.1) is 5.92 Å². The molecule has 160 valence electrons. The van der Waals surface area contributed by atoms with Gasteiger partial charge in [0.1, 0.15) is 11.5 Å². The van der Waals surface area contributed by atoms with Crippen molar-refractivity contribution in [3.8, 4) is 5.75 Å². The first-order valence-corrected chi connectivity index (χ1v) is 9.69. The number of guanidine groups is 1. The van der Waals surface area contributed by atoms with Crippen LogP contribution in [0.4, 0.5) is 8.78 Å². The summed E-state index contributed by atoms with van der Waals surface area (Å²) in [7, 11) is 1.56. The van der Waals surface area contributed by atoms with Crippen molar-refractivity contribution < 1.29 is 23.0 Å². The molecule has 0 aromatic heterocycles. The quantitative estimate of drug-likeness (QED) is 0.491. The van der Waals surface area contributed by atoms with Crippen LogP contribution < -0.4 is 10.5 Å². The van der Waals surface area contributed by atoms with E-state index in [4.69, 9.17) is 10.5 Å². The van der Waals surface area contributed by atoms with E-state index in [-0.39, 0.29) is 17.6 Å². The first-order valence-electron chi connectivity index (χ1n) is 9.69. The molecule has 0 saturated heterocycles. The summed E-state index contributed by atoms with van der Waals surface area (Å²) in [6.07, 6.45) is 8.43. The number of hydrogen-bond acceptors (Lipinski definition) is 5. The molecule has 1 aliphatic carbocycles.